The van der Waals surface area contributed by atoms with Gasteiger partial charge in [-0.1, -0.05) is 35.2 Å². The molecule has 1 fully saturated rings. The molecule has 0 bridgehead atoms. The number of nitrogens with zero attached hydrogens (tertiary/aromatic N) is 3. The molecular weight excluding hydrogens is 451 g/mol. The van der Waals surface area contributed by atoms with Crippen LogP contribution in [0.1, 0.15) is 24.4 Å². The Balaban J connectivity index is 1.20. The number of hydrogen-bond donors (Lipinski definition) is 1. The van der Waals surface area contributed by atoms with E-state index in [1.54, 1.807) is 12.1 Å². The van der Waals surface area contributed by atoms with Crippen LogP contribution >= 0.6 is 23.1 Å². The number of anilines is 2. The second-order valence-corrected chi connectivity index (χ2v) is 9.65. The van der Waals surface area contributed by atoms with Gasteiger partial charge in [0.2, 0.25) is 11.0 Å². The second-order valence-electron chi connectivity index (χ2n) is 7.45. The average Bonchev–Trinajstić information content (AvgIpc) is 3.47. The van der Waals surface area contributed by atoms with E-state index in [2.05, 4.69) is 15.5 Å². The first-order valence-corrected chi connectivity index (χ1v) is 12.1. The van der Waals surface area contributed by atoms with Crippen molar-refractivity contribution in [2.45, 2.75) is 23.2 Å². The molecule has 1 atom stereocenters. The molecule has 3 heterocycles. The van der Waals surface area contributed by atoms with E-state index in [1.165, 1.54) is 35.2 Å². The third-order valence-electron chi connectivity index (χ3n) is 5.33. The Bertz CT molecular complexity index is 1130. The Kier molecular flexibility index (Phi) is 6.13. The highest BCUT2D eigenvalue weighted by molar-refractivity contribution is 8.01. The molecule has 32 heavy (non-hydrogen) atoms. The van der Waals surface area contributed by atoms with Gasteiger partial charge in [0.1, 0.15) is 19.0 Å². The van der Waals surface area contributed by atoms with E-state index in [9.17, 15) is 9.18 Å². The zero-order chi connectivity index (χ0) is 21.9. The van der Waals surface area contributed by atoms with Crippen molar-refractivity contribution in [2.75, 3.05) is 30.8 Å². The van der Waals surface area contributed by atoms with Crippen molar-refractivity contribution in [3.05, 3.63) is 53.8 Å². The van der Waals surface area contributed by atoms with E-state index in [0.717, 1.165) is 36.4 Å². The molecule has 5 rings (SSSR count). The Morgan fingerprint density at radius 1 is 1.19 bits per heavy atom. The van der Waals surface area contributed by atoms with Gasteiger partial charge >= 0.3 is 0 Å². The number of fused-ring (bicyclic) bond motifs is 1. The summed E-state index contributed by atoms with van der Waals surface area (Å²) >= 11 is 2.70. The van der Waals surface area contributed by atoms with Gasteiger partial charge in [0.25, 0.3) is 0 Å². The fourth-order valence-electron chi connectivity index (χ4n) is 3.89. The molecule has 3 aromatic rings. The summed E-state index contributed by atoms with van der Waals surface area (Å²) < 4.78 is 25.3. The molecule has 1 unspecified atom stereocenters. The lowest BCUT2D eigenvalue weighted by Gasteiger charge is -2.26. The molecule has 0 saturated carbocycles. The van der Waals surface area contributed by atoms with E-state index >= 15 is 0 Å². The van der Waals surface area contributed by atoms with Crippen molar-refractivity contribution in [3.63, 3.8) is 0 Å². The minimum absolute atomic E-state index is 0.0403. The van der Waals surface area contributed by atoms with Gasteiger partial charge in [-0.3, -0.25) is 4.79 Å². The number of rotatable bonds is 6. The molecule has 0 radical (unpaired) electrons. The van der Waals surface area contributed by atoms with Gasteiger partial charge in [-0.15, -0.1) is 10.2 Å². The first-order chi connectivity index (χ1) is 15.7. The molecule has 0 spiro atoms. The number of carbonyl (C=O) groups excluding carboxylic acids is 1. The van der Waals surface area contributed by atoms with Crippen LogP contribution < -0.4 is 14.8 Å². The monoisotopic (exact) mass is 472 g/mol. The highest BCUT2D eigenvalue weighted by Crippen LogP contribution is 2.38. The zero-order valence-corrected chi connectivity index (χ0v) is 18.8. The van der Waals surface area contributed by atoms with E-state index in [4.69, 9.17) is 9.47 Å². The van der Waals surface area contributed by atoms with Crippen LogP contribution in [0.15, 0.2) is 46.8 Å². The highest BCUT2D eigenvalue weighted by Gasteiger charge is 2.31. The maximum atomic E-state index is 13.3. The summed E-state index contributed by atoms with van der Waals surface area (Å²) in [6, 6.07) is 12.1. The van der Waals surface area contributed by atoms with Crippen LogP contribution in [0.25, 0.3) is 0 Å². The van der Waals surface area contributed by atoms with Gasteiger partial charge in [0, 0.05) is 12.2 Å². The number of amides is 1. The van der Waals surface area contributed by atoms with Gasteiger partial charge in [-0.25, -0.2) is 4.39 Å². The van der Waals surface area contributed by atoms with E-state index < -0.39 is 0 Å². The molecule has 10 heteroatoms. The van der Waals surface area contributed by atoms with Crippen LogP contribution in [0.3, 0.4) is 0 Å². The Morgan fingerprint density at radius 2 is 2.06 bits per heavy atom. The number of likely N-dealkylation sites (tertiary alicyclic amines) is 1. The van der Waals surface area contributed by atoms with E-state index in [0.29, 0.717) is 28.4 Å². The third-order valence-corrected chi connectivity index (χ3v) is 7.28. The van der Waals surface area contributed by atoms with Crippen molar-refractivity contribution in [2.24, 2.45) is 0 Å². The number of aromatic nitrogens is 2. The molecule has 166 valence electrons. The smallest absolute Gasteiger partial charge is 0.233 e. The van der Waals surface area contributed by atoms with Gasteiger partial charge in [0.15, 0.2) is 15.8 Å². The van der Waals surface area contributed by atoms with Crippen LogP contribution in [-0.4, -0.2) is 46.5 Å². The standard InChI is InChI=1S/C22H21FN4O3S2/c23-15-3-1-4-16(12-15)24-21-25-26-22(32-21)31-13-20(28)27-8-2-5-17(27)14-6-7-18-19(11-14)30-10-9-29-18/h1,3-4,6-7,11-12,17H,2,5,8-10,13H2,(H,24,25). The van der Waals surface area contributed by atoms with Crippen molar-refractivity contribution in [3.8, 4) is 11.5 Å². The van der Waals surface area contributed by atoms with E-state index in [-0.39, 0.29) is 23.5 Å². The van der Waals surface area contributed by atoms with Gasteiger partial charge in [-0.2, -0.15) is 0 Å². The fourth-order valence-corrected chi connectivity index (χ4v) is 5.55. The Labute approximate surface area is 192 Å². The number of thioether (sulfide) groups is 1. The van der Waals surface area contributed by atoms with E-state index in [1.807, 2.05) is 23.1 Å². The van der Waals surface area contributed by atoms with Crippen molar-refractivity contribution in [1.29, 1.82) is 0 Å². The summed E-state index contributed by atoms with van der Waals surface area (Å²) in [5, 5.41) is 11.8. The van der Waals surface area contributed by atoms with Crippen molar-refractivity contribution < 1.29 is 18.7 Å². The lowest BCUT2D eigenvalue weighted by atomic mass is 10.0. The molecule has 1 amide bonds. The summed E-state index contributed by atoms with van der Waals surface area (Å²) in [5.74, 6) is 1.54. The Hall–Kier alpha value is -2.85. The van der Waals surface area contributed by atoms with Crippen molar-refractivity contribution in [1.82, 2.24) is 15.1 Å². The normalized spacial score (nSPS) is 17.4. The van der Waals surface area contributed by atoms with Crippen LogP contribution in [0.4, 0.5) is 15.2 Å². The summed E-state index contributed by atoms with van der Waals surface area (Å²) in [5.41, 5.74) is 1.68. The quantitative estimate of drug-likeness (QED) is 0.524. The first kappa shape index (κ1) is 21.0. The highest BCUT2D eigenvalue weighted by atomic mass is 32.2. The SMILES string of the molecule is O=C(CSc1nnc(Nc2cccc(F)c2)s1)N1CCCC1c1ccc2c(c1)OCCO2. The third kappa shape index (κ3) is 4.66. The summed E-state index contributed by atoms with van der Waals surface area (Å²) in [6.45, 7) is 1.84. The Morgan fingerprint density at radius 3 is 2.94 bits per heavy atom. The number of ether oxygens (including phenoxy) is 2. The fraction of sp³-hybridized carbons (Fsp3) is 0.318. The van der Waals surface area contributed by atoms with Gasteiger partial charge < -0.3 is 19.7 Å². The first-order valence-electron chi connectivity index (χ1n) is 10.3. The predicted octanol–water partition coefficient (Wildman–Crippen LogP) is 4.65. The topological polar surface area (TPSA) is 76.6 Å². The van der Waals surface area contributed by atoms with Crippen LogP contribution in [0, 0.1) is 5.82 Å². The van der Waals surface area contributed by atoms with Gasteiger partial charge in [0.05, 0.1) is 11.8 Å². The molecule has 2 aliphatic heterocycles. The molecular formula is C22H21FN4O3S2. The lowest BCUT2D eigenvalue weighted by Crippen LogP contribution is -2.32. The van der Waals surface area contributed by atoms with Crippen LogP contribution in [0.5, 0.6) is 11.5 Å². The zero-order valence-electron chi connectivity index (χ0n) is 17.1. The maximum absolute atomic E-state index is 13.3. The molecule has 2 aliphatic rings. The maximum Gasteiger partial charge on any atom is 0.233 e. The number of carbonyl (C=O) groups is 1. The molecule has 1 saturated heterocycles. The van der Waals surface area contributed by atoms with Gasteiger partial charge in [-0.05, 0) is 48.7 Å². The summed E-state index contributed by atoms with van der Waals surface area (Å²) in [6.07, 6.45) is 1.90. The van der Waals surface area contributed by atoms with Crippen molar-refractivity contribution >= 4 is 39.8 Å². The molecule has 1 N–H and O–H groups in total. The number of halogens is 1. The molecule has 2 aromatic carbocycles. The predicted molar refractivity (Wildman–Crippen MR) is 121 cm³/mol. The van der Waals surface area contributed by atoms with Crippen LogP contribution in [0.2, 0.25) is 0 Å². The lowest BCUT2D eigenvalue weighted by molar-refractivity contribution is -0.129. The largest absolute Gasteiger partial charge is 0.486 e. The number of benzene rings is 2. The number of nitrogens with one attached hydrogen (secondary N) is 1. The molecule has 7 nitrogen and oxygen atoms in total. The number of hydrogen-bond acceptors (Lipinski definition) is 8. The summed E-state index contributed by atoms with van der Waals surface area (Å²) in [7, 11) is 0. The summed E-state index contributed by atoms with van der Waals surface area (Å²) in [4.78, 5) is 14.9. The van der Waals surface area contributed by atoms with Crippen LogP contribution in [-0.2, 0) is 4.79 Å². The average molecular weight is 473 g/mol. The molecule has 0 aliphatic carbocycles. The molecule has 1 aromatic heterocycles. The minimum atomic E-state index is -0.321. The second kappa shape index (κ2) is 9.33. The minimum Gasteiger partial charge on any atom is -0.486 e.